The zero-order chi connectivity index (χ0) is 21.1. The van der Waals surface area contributed by atoms with Gasteiger partial charge in [-0.1, -0.05) is 24.3 Å². The molecule has 0 saturated carbocycles. The lowest BCUT2D eigenvalue weighted by Crippen LogP contribution is -2.48. The Balaban J connectivity index is 1.45. The van der Waals surface area contributed by atoms with Crippen molar-refractivity contribution >= 4 is 28.4 Å². The van der Waals surface area contributed by atoms with Gasteiger partial charge in [-0.2, -0.15) is 5.10 Å². The third-order valence-electron chi connectivity index (χ3n) is 5.38. The van der Waals surface area contributed by atoms with Gasteiger partial charge in [-0.25, -0.2) is 0 Å². The molecule has 3 aromatic rings. The van der Waals surface area contributed by atoms with Crippen molar-refractivity contribution < 1.29 is 14.3 Å². The fraction of sp³-hybridized carbons (Fsp3) is 0.318. The highest BCUT2D eigenvalue weighted by Crippen LogP contribution is 2.28. The lowest BCUT2D eigenvalue weighted by atomic mass is 10.0. The van der Waals surface area contributed by atoms with E-state index in [2.05, 4.69) is 22.4 Å². The maximum absolute atomic E-state index is 12.9. The summed E-state index contributed by atoms with van der Waals surface area (Å²) < 4.78 is 6.95. The van der Waals surface area contributed by atoms with E-state index < -0.39 is 0 Å². The maximum Gasteiger partial charge on any atom is 0.257 e. The van der Waals surface area contributed by atoms with Gasteiger partial charge in [0.05, 0.1) is 7.11 Å². The van der Waals surface area contributed by atoms with Gasteiger partial charge in [-0.15, -0.1) is 0 Å². The van der Waals surface area contributed by atoms with Crippen LogP contribution in [0.2, 0.25) is 0 Å². The maximum atomic E-state index is 12.9. The zero-order valence-electron chi connectivity index (χ0n) is 17.2. The number of amides is 2. The number of aromatic nitrogens is 2. The zero-order valence-corrected chi connectivity index (χ0v) is 17.2. The number of anilines is 1. The summed E-state index contributed by atoms with van der Waals surface area (Å²) in [5, 5.41) is 8.84. The van der Waals surface area contributed by atoms with Gasteiger partial charge in [-0.3, -0.25) is 14.3 Å². The van der Waals surface area contributed by atoms with Gasteiger partial charge >= 0.3 is 0 Å². The molecule has 1 fully saturated rings. The third kappa shape index (κ3) is 4.13. The van der Waals surface area contributed by atoms with Crippen LogP contribution in [0.5, 0.6) is 5.75 Å². The third-order valence-corrected chi connectivity index (χ3v) is 5.38. The Morgan fingerprint density at radius 1 is 1.03 bits per heavy atom. The normalized spacial score (nSPS) is 14.7. The summed E-state index contributed by atoms with van der Waals surface area (Å²) in [6.45, 7) is 3.37. The minimum atomic E-state index is -0.260. The van der Waals surface area contributed by atoms with Crippen LogP contribution in [0.25, 0.3) is 10.8 Å². The SMILES string of the molecule is COc1ccc(C(=O)Nc2ccn(CC(=O)N3CCN(C)CC3)n2)c2ccccc12. The molecule has 0 radical (unpaired) electrons. The molecular weight excluding hydrogens is 382 g/mol. The van der Waals surface area contributed by atoms with E-state index in [-0.39, 0.29) is 18.4 Å². The number of ether oxygens (including phenoxy) is 1. The molecule has 8 nitrogen and oxygen atoms in total. The minimum Gasteiger partial charge on any atom is -0.496 e. The van der Waals surface area contributed by atoms with E-state index in [1.807, 2.05) is 29.2 Å². The van der Waals surface area contributed by atoms with Crippen LogP contribution < -0.4 is 10.1 Å². The molecule has 2 amide bonds. The number of fused-ring (bicyclic) bond motifs is 1. The number of nitrogens with one attached hydrogen (secondary N) is 1. The smallest absolute Gasteiger partial charge is 0.257 e. The van der Waals surface area contributed by atoms with E-state index in [1.54, 1.807) is 36.2 Å². The molecule has 0 unspecified atom stereocenters. The second-order valence-corrected chi connectivity index (χ2v) is 7.40. The topological polar surface area (TPSA) is 79.7 Å². The molecule has 4 rings (SSSR count). The number of hydrogen-bond donors (Lipinski definition) is 1. The molecule has 0 atom stereocenters. The van der Waals surface area contributed by atoms with Crippen LogP contribution in [0, 0.1) is 0 Å². The van der Waals surface area contributed by atoms with Crippen LogP contribution in [-0.2, 0) is 11.3 Å². The highest BCUT2D eigenvalue weighted by Gasteiger charge is 2.20. The molecule has 1 aliphatic heterocycles. The van der Waals surface area contributed by atoms with E-state index in [9.17, 15) is 9.59 Å². The van der Waals surface area contributed by atoms with Crippen LogP contribution >= 0.6 is 0 Å². The van der Waals surface area contributed by atoms with Gasteiger partial charge in [0.15, 0.2) is 5.82 Å². The van der Waals surface area contributed by atoms with Crippen molar-refractivity contribution in [1.82, 2.24) is 19.6 Å². The van der Waals surface area contributed by atoms with Crippen molar-refractivity contribution in [2.45, 2.75) is 6.54 Å². The largest absolute Gasteiger partial charge is 0.496 e. The number of likely N-dealkylation sites (N-methyl/N-ethyl adjacent to an activating group) is 1. The average molecular weight is 407 g/mol. The summed E-state index contributed by atoms with van der Waals surface area (Å²) in [6, 6.07) is 12.8. The van der Waals surface area contributed by atoms with Crippen molar-refractivity contribution in [2.24, 2.45) is 0 Å². The lowest BCUT2D eigenvalue weighted by Gasteiger charge is -2.32. The number of benzene rings is 2. The van der Waals surface area contributed by atoms with Crippen molar-refractivity contribution in [3.8, 4) is 5.75 Å². The van der Waals surface area contributed by atoms with Crippen LogP contribution in [0.4, 0.5) is 5.82 Å². The number of carbonyl (C=O) groups is 2. The first-order chi connectivity index (χ1) is 14.5. The first-order valence-electron chi connectivity index (χ1n) is 9.92. The predicted octanol–water partition coefficient (Wildman–Crippen LogP) is 2.07. The molecule has 0 bridgehead atoms. The Labute approximate surface area is 175 Å². The summed E-state index contributed by atoms with van der Waals surface area (Å²) in [4.78, 5) is 29.4. The van der Waals surface area contributed by atoms with Gasteiger partial charge in [0, 0.05) is 49.4 Å². The first kappa shape index (κ1) is 19.9. The molecule has 8 heteroatoms. The Morgan fingerprint density at radius 2 is 1.77 bits per heavy atom. The predicted molar refractivity (Wildman–Crippen MR) is 115 cm³/mol. The van der Waals surface area contributed by atoms with Gasteiger partial charge in [0.1, 0.15) is 12.3 Å². The molecule has 0 spiro atoms. The van der Waals surface area contributed by atoms with Gasteiger partial charge < -0.3 is 19.9 Å². The average Bonchev–Trinajstić information content (AvgIpc) is 3.19. The van der Waals surface area contributed by atoms with Crippen LogP contribution in [0.1, 0.15) is 10.4 Å². The fourth-order valence-corrected chi connectivity index (χ4v) is 3.64. The van der Waals surface area contributed by atoms with Crippen LogP contribution in [-0.4, -0.2) is 71.7 Å². The van der Waals surface area contributed by atoms with Crippen molar-refractivity contribution in [3.63, 3.8) is 0 Å². The molecule has 0 aliphatic carbocycles. The van der Waals surface area contributed by atoms with E-state index in [0.717, 1.165) is 37.0 Å². The number of hydrogen-bond acceptors (Lipinski definition) is 5. The van der Waals surface area contributed by atoms with Crippen molar-refractivity contribution in [1.29, 1.82) is 0 Å². The summed E-state index contributed by atoms with van der Waals surface area (Å²) >= 11 is 0. The molecule has 1 aliphatic rings. The number of piperazine rings is 1. The Bertz CT molecular complexity index is 1070. The number of carbonyl (C=O) groups excluding carboxylic acids is 2. The molecule has 30 heavy (non-hydrogen) atoms. The standard InChI is InChI=1S/C22H25N5O3/c1-25-11-13-26(14-12-25)21(28)15-27-10-9-20(24-27)23-22(29)18-7-8-19(30-2)17-6-4-3-5-16(17)18/h3-10H,11-15H2,1-2H3,(H,23,24,29). The molecule has 1 aromatic heterocycles. The Kier molecular flexibility index (Phi) is 5.67. The van der Waals surface area contributed by atoms with E-state index in [1.165, 1.54) is 0 Å². The number of rotatable bonds is 5. The molecular formula is C22H25N5O3. The summed E-state index contributed by atoms with van der Waals surface area (Å²) in [6.07, 6.45) is 1.70. The molecule has 156 valence electrons. The second kappa shape index (κ2) is 8.54. The van der Waals surface area contributed by atoms with Crippen molar-refractivity contribution in [2.75, 3.05) is 45.7 Å². The van der Waals surface area contributed by atoms with E-state index >= 15 is 0 Å². The minimum absolute atomic E-state index is 0.0326. The van der Waals surface area contributed by atoms with Gasteiger partial charge in [0.25, 0.3) is 5.91 Å². The molecule has 1 N–H and O–H groups in total. The van der Waals surface area contributed by atoms with Crippen molar-refractivity contribution in [3.05, 3.63) is 54.2 Å². The number of nitrogens with zero attached hydrogens (tertiary/aromatic N) is 4. The summed E-state index contributed by atoms with van der Waals surface area (Å²) in [5.41, 5.74) is 0.537. The number of methoxy groups -OCH3 is 1. The highest BCUT2D eigenvalue weighted by atomic mass is 16.5. The van der Waals surface area contributed by atoms with Crippen LogP contribution in [0.15, 0.2) is 48.7 Å². The quantitative estimate of drug-likeness (QED) is 0.701. The first-order valence-corrected chi connectivity index (χ1v) is 9.92. The second-order valence-electron chi connectivity index (χ2n) is 7.40. The molecule has 2 heterocycles. The van der Waals surface area contributed by atoms with E-state index in [0.29, 0.717) is 17.1 Å². The molecule has 1 saturated heterocycles. The van der Waals surface area contributed by atoms with Crippen LogP contribution in [0.3, 0.4) is 0 Å². The lowest BCUT2D eigenvalue weighted by molar-refractivity contribution is -0.133. The Hall–Kier alpha value is -3.39. The fourth-order valence-electron chi connectivity index (χ4n) is 3.64. The monoisotopic (exact) mass is 407 g/mol. The molecule has 2 aromatic carbocycles. The van der Waals surface area contributed by atoms with Gasteiger partial charge in [0.2, 0.25) is 5.91 Å². The Morgan fingerprint density at radius 3 is 2.50 bits per heavy atom. The highest BCUT2D eigenvalue weighted by molar-refractivity contribution is 6.13. The van der Waals surface area contributed by atoms with E-state index in [4.69, 9.17) is 4.74 Å². The van der Waals surface area contributed by atoms with Gasteiger partial charge in [-0.05, 0) is 24.6 Å². The summed E-state index contributed by atoms with van der Waals surface area (Å²) in [5.74, 6) is 0.898. The summed E-state index contributed by atoms with van der Waals surface area (Å²) in [7, 11) is 3.66.